The molecule has 0 saturated heterocycles. The standard InChI is InChI=1S/C6H7N.CH4S/c7-6-4-2-1-3-5-6;1-2/h1-5H,7H2;2H,1H3. The summed E-state index contributed by atoms with van der Waals surface area (Å²) in [4.78, 5) is 0. The fourth-order valence-corrected chi connectivity index (χ4v) is 0.453. The van der Waals surface area contributed by atoms with E-state index in [1.165, 1.54) is 0 Å². The molecular formula is C7H11NS. The second kappa shape index (κ2) is 5.51. The van der Waals surface area contributed by atoms with E-state index in [0.717, 1.165) is 5.69 Å². The molecule has 50 valence electrons. The second-order valence-electron chi connectivity index (χ2n) is 1.41. The summed E-state index contributed by atoms with van der Waals surface area (Å²) >= 11 is 3.53. The topological polar surface area (TPSA) is 26.0 Å². The zero-order valence-corrected chi connectivity index (χ0v) is 6.31. The highest BCUT2D eigenvalue weighted by Crippen LogP contribution is 1.95. The molecule has 0 heterocycles. The summed E-state index contributed by atoms with van der Waals surface area (Å²) < 4.78 is 0. The van der Waals surface area contributed by atoms with Crippen molar-refractivity contribution in [1.82, 2.24) is 0 Å². The van der Waals surface area contributed by atoms with Gasteiger partial charge in [0.05, 0.1) is 0 Å². The van der Waals surface area contributed by atoms with Crippen LogP contribution in [0.5, 0.6) is 0 Å². The molecule has 0 fully saturated rings. The third kappa shape index (κ3) is 3.91. The van der Waals surface area contributed by atoms with Crippen LogP contribution in [0.1, 0.15) is 0 Å². The maximum Gasteiger partial charge on any atom is 0.0313 e. The number of hydrogen-bond acceptors (Lipinski definition) is 2. The molecule has 1 aromatic carbocycles. The van der Waals surface area contributed by atoms with E-state index in [-0.39, 0.29) is 0 Å². The third-order valence-corrected chi connectivity index (χ3v) is 0.800. The van der Waals surface area contributed by atoms with Gasteiger partial charge in [0, 0.05) is 5.69 Å². The average molecular weight is 141 g/mol. The Kier molecular flexibility index (Phi) is 5.12. The highest BCUT2D eigenvalue weighted by molar-refractivity contribution is 7.79. The number of nitrogen functional groups attached to an aromatic ring is 1. The van der Waals surface area contributed by atoms with Crippen LogP contribution in [0.25, 0.3) is 0 Å². The number of anilines is 1. The number of thiol groups is 1. The van der Waals surface area contributed by atoms with Crippen LogP contribution in [0, 0.1) is 0 Å². The Morgan fingerprint density at radius 2 is 1.56 bits per heavy atom. The first-order chi connectivity index (χ1) is 4.39. The van der Waals surface area contributed by atoms with Gasteiger partial charge in [0.1, 0.15) is 0 Å². The minimum absolute atomic E-state index is 0.822. The monoisotopic (exact) mass is 141 g/mol. The number of para-hydroxylation sites is 1. The number of benzene rings is 1. The Balaban J connectivity index is 0.000000291. The molecule has 0 radical (unpaired) electrons. The van der Waals surface area contributed by atoms with E-state index in [1.807, 2.05) is 30.3 Å². The number of nitrogens with two attached hydrogens (primary N) is 1. The van der Waals surface area contributed by atoms with Gasteiger partial charge in [-0.15, -0.1) is 0 Å². The molecule has 9 heavy (non-hydrogen) atoms. The van der Waals surface area contributed by atoms with E-state index in [4.69, 9.17) is 5.73 Å². The molecule has 0 aliphatic heterocycles. The highest BCUT2D eigenvalue weighted by atomic mass is 32.1. The van der Waals surface area contributed by atoms with Crippen LogP contribution in [0.15, 0.2) is 30.3 Å². The van der Waals surface area contributed by atoms with Crippen LogP contribution in [0.4, 0.5) is 5.69 Å². The lowest BCUT2D eigenvalue weighted by atomic mass is 10.3. The quantitative estimate of drug-likeness (QED) is 0.418. The van der Waals surface area contributed by atoms with E-state index < -0.39 is 0 Å². The van der Waals surface area contributed by atoms with Crippen molar-refractivity contribution in [2.24, 2.45) is 0 Å². The molecule has 1 rings (SSSR count). The summed E-state index contributed by atoms with van der Waals surface area (Å²) in [6, 6.07) is 9.49. The Morgan fingerprint density at radius 3 is 1.78 bits per heavy atom. The highest BCUT2D eigenvalue weighted by Gasteiger charge is 1.72. The predicted octanol–water partition coefficient (Wildman–Crippen LogP) is 1.81. The van der Waals surface area contributed by atoms with Gasteiger partial charge in [0.25, 0.3) is 0 Å². The van der Waals surface area contributed by atoms with Gasteiger partial charge in [-0.2, -0.15) is 12.6 Å². The second-order valence-corrected chi connectivity index (χ2v) is 1.41. The third-order valence-electron chi connectivity index (χ3n) is 0.800. The van der Waals surface area contributed by atoms with Crippen molar-refractivity contribution >= 4 is 18.3 Å². The van der Waals surface area contributed by atoms with Crippen LogP contribution in [-0.2, 0) is 0 Å². The SMILES string of the molecule is CS.Nc1ccccc1. The zero-order chi connectivity index (χ0) is 7.11. The van der Waals surface area contributed by atoms with Gasteiger partial charge in [-0.25, -0.2) is 0 Å². The normalized spacial score (nSPS) is 7.33. The molecule has 2 heteroatoms. The first kappa shape index (κ1) is 8.37. The summed E-state index contributed by atoms with van der Waals surface area (Å²) in [6.07, 6.45) is 1.69. The minimum atomic E-state index is 0.822. The summed E-state index contributed by atoms with van der Waals surface area (Å²) in [5.74, 6) is 0. The first-order valence-corrected chi connectivity index (χ1v) is 3.54. The maximum atomic E-state index is 5.36. The van der Waals surface area contributed by atoms with Crippen molar-refractivity contribution in [3.05, 3.63) is 30.3 Å². The van der Waals surface area contributed by atoms with Crippen molar-refractivity contribution in [2.45, 2.75) is 0 Å². The van der Waals surface area contributed by atoms with Gasteiger partial charge in [-0.05, 0) is 18.4 Å². The van der Waals surface area contributed by atoms with Gasteiger partial charge in [-0.1, -0.05) is 18.2 Å². The summed E-state index contributed by atoms with van der Waals surface area (Å²) in [6.45, 7) is 0. The van der Waals surface area contributed by atoms with Crippen LogP contribution >= 0.6 is 12.6 Å². The molecule has 1 aromatic rings. The lowest BCUT2D eigenvalue weighted by Gasteiger charge is -1.83. The summed E-state index contributed by atoms with van der Waals surface area (Å²) in [7, 11) is 0. The van der Waals surface area contributed by atoms with Crippen molar-refractivity contribution in [3.8, 4) is 0 Å². The van der Waals surface area contributed by atoms with E-state index in [0.29, 0.717) is 0 Å². The van der Waals surface area contributed by atoms with E-state index in [1.54, 1.807) is 6.26 Å². The molecule has 0 saturated carbocycles. The minimum Gasteiger partial charge on any atom is -0.399 e. The van der Waals surface area contributed by atoms with Crippen LogP contribution in [-0.4, -0.2) is 6.26 Å². The molecule has 0 aliphatic rings. The molecule has 0 bridgehead atoms. The number of hydrogen-bond donors (Lipinski definition) is 2. The fourth-order valence-electron chi connectivity index (χ4n) is 0.453. The molecule has 0 spiro atoms. The van der Waals surface area contributed by atoms with Crippen molar-refractivity contribution < 1.29 is 0 Å². The zero-order valence-electron chi connectivity index (χ0n) is 5.41. The van der Waals surface area contributed by atoms with Crippen LogP contribution in [0.3, 0.4) is 0 Å². The molecule has 0 aliphatic carbocycles. The summed E-state index contributed by atoms with van der Waals surface area (Å²) in [5, 5.41) is 0. The van der Waals surface area contributed by atoms with Crippen molar-refractivity contribution in [3.63, 3.8) is 0 Å². The van der Waals surface area contributed by atoms with Gasteiger partial charge < -0.3 is 5.73 Å². The summed E-state index contributed by atoms with van der Waals surface area (Å²) in [5.41, 5.74) is 6.18. The molecular weight excluding hydrogens is 130 g/mol. The first-order valence-electron chi connectivity index (χ1n) is 2.65. The fraction of sp³-hybridized carbons (Fsp3) is 0.143. The Bertz CT molecular complexity index is 139. The molecule has 0 amide bonds. The van der Waals surface area contributed by atoms with E-state index in [9.17, 15) is 0 Å². The van der Waals surface area contributed by atoms with Crippen molar-refractivity contribution in [1.29, 1.82) is 0 Å². The lowest BCUT2D eigenvalue weighted by Crippen LogP contribution is -1.79. The Hall–Kier alpha value is -0.630. The van der Waals surface area contributed by atoms with Gasteiger partial charge in [-0.3, -0.25) is 0 Å². The van der Waals surface area contributed by atoms with Crippen LogP contribution < -0.4 is 5.73 Å². The van der Waals surface area contributed by atoms with Gasteiger partial charge in [0.2, 0.25) is 0 Å². The molecule has 0 atom stereocenters. The molecule has 1 nitrogen and oxygen atoms in total. The van der Waals surface area contributed by atoms with Gasteiger partial charge in [0.15, 0.2) is 0 Å². The Labute approximate surface area is 61.3 Å². The molecule has 0 unspecified atom stereocenters. The average Bonchev–Trinajstić information content (AvgIpc) is 1.94. The molecule has 0 aromatic heterocycles. The lowest BCUT2D eigenvalue weighted by molar-refractivity contribution is 1.69. The maximum absolute atomic E-state index is 5.36. The largest absolute Gasteiger partial charge is 0.399 e. The smallest absolute Gasteiger partial charge is 0.0313 e. The van der Waals surface area contributed by atoms with Crippen LogP contribution in [0.2, 0.25) is 0 Å². The Morgan fingerprint density at radius 1 is 1.11 bits per heavy atom. The predicted molar refractivity (Wildman–Crippen MR) is 45.8 cm³/mol. The van der Waals surface area contributed by atoms with Crippen molar-refractivity contribution in [2.75, 3.05) is 12.0 Å². The number of rotatable bonds is 0. The van der Waals surface area contributed by atoms with Gasteiger partial charge >= 0.3 is 0 Å². The van der Waals surface area contributed by atoms with E-state index in [2.05, 4.69) is 12.6 Å². The molecule has 2 N–H and O–H groups in total. The van der Waals surface area contributed by atoms with E-state index >= 15 is 0 Å².